The fourth-order valence-corrected chi connectivity index (χ4v) is 2.83. The standard InChI is InChI=1S/C13H22N4OS/c1-9-7-18-10(2)6-16(9)8-17-13(19)15(3)12(14-17)11-4-5-11/h9-11H,4-8H2,1-3H3. The molecule has 0 radical (unpaired) electrons. The van der Waals surface area contributed by atoms with Gasteiger partial charge in [0.1, 0.15) is 5.82 Å². The van der Waals surface area contributed by atoms with Crippen LogP contribution in [-0.4, -0.2) is 44.5 Å². The summed E-state index contributed by atoms with van der Waals surface area (Å²) in [6.07, 6.45) is 2.80. The largest absolute Gasteiger partial charge is 0.376 e. The summed E-state index contributed by atoms with van der Waals surface area (Å²) in [6, 6.07) is 0.421. The average Bonchev–Trinajstić information content (AvgIpc) is 3.17. The van der Waals surface area contributed by atoms with Crippen LogP contribution in [0.4, 0.5) is 0 Å². The summed E-state index contributed by atoms with van der Waals surface area (Å²) in [5.74, 6) is 1.79. The maximum Gasteiger partial charge on any atom is 0.198 e. The molecule has 3 rings (SSSR count). The highest BCUT2D eigenvalue weighted by molar-refractivity contribution is 7.71. The monoisotopic (exact) mass is 282 g/mol. The van der Waals surface area contributed by atoms with Gasteiger partial charge in [-0.1, -0.05) is 0 Å². The second-order valence-corrected chi connectivity index (χ2v) is 6.24. The second-order valence-electron chi connectivity index (χ2n) is 5.88. The molecule has 1 aromatic heterocycles. The van der Waals surface area contributed by atoms with Gasteiger partial charge in [0.25, 0.3) is 0 Å². The molecule has 1 aliphatic heterocycles. The van der Waals surface area contributed by atoms with Crippen molar-refractivity contribution < 1.29 is 4.74 Å². The number of hydrogen-bond acceptors (Lipinski definition) is 4. The molecule has 1 saturated heterocycles. The summed E-state index contributed by atoms with van der Waals surface area (Å²) >= 11 is 5.50. The van der Waals surface area contributed by atoms with Gasteiger partial charge in [0.05, 0.1) is 19.4 Å². The van der Waals surface area contributed by atoms with Crippen molar-refractivity contribution in [2.24, 2.45) is 7.05 Å². The van der Waals surface area contributed by atoms with Crippen LogP contribution in [0.15, 0.2) is 0 Å². The molecule has 2 aliphatic rings. The topological polar surface area (TPSA) is 35.2 Å². The molecule has 1 aliphatic carbocycles. The summed E-state index contributed by atoms with van der Waals surface area (Å²) in [5.41, 5.74) is 0. The fourth-order valence-electron chi connectivity index (χ4n) is 2.63. The molecule has 0 bridgehead atoms. The third-order valence-electron chi connectivity index (χ3n) is 4.07. The first-order valence-electron chi connectivity index (χ1n) is 7.05. The van der Waals surface area contributed by atoms with E-state index in [0.717, 1.165) is 30.4 Å². The molecule has 19 heavy (non-hydrogen) atoms. The molecule has 2 unspecified atom stereocenters. The van der Waals surface area contributed by atoms with E-state index < -0.39 is 0 Å². The van der Waals surface area contributed by atoms with Gasteiger partial charge in [0, 0.05) is 25.6 Å². The molecule has 0 N–H and O–H groups in total. The molecule has 0 spiro atoms. The third kappa shape index (κ3) is 2.61. The maximum atomic E-state index is 5.66. The zero-order chi connectivity index (χ0) is 13.6. The number of ether oxygens (including phenoxy) is 1. The molecule has 6 heteroatoms. The van der Waals surface area contributed by atoms with E-state index in [9.17, 15) is 0 Å². The Morgan fingerprint density at radius 2 is 2.11 bits per heavy atom. The lowest BCUT2D eigenvalue weighted by Gasteiger charge is -2.36. The van der Waals surface area contributed by atoms with E-state index >= 15 is 0 Å². The Labute approximate surface area is 119 Å². The third-order valence-corrected chi connectivity index (χ3v) is 4.55. The molecule has 5 nitrogen and oxygen atoms in total. The molecule has 2 heterocycles. The Balaban J connectivity index is 1.79. The number of aromatic nitrogens is 3. The zero-order valence-corrected chi connectivity index (χ0v) is 12.7. The van der Waals surface area contributed by atoms with E-state index in [1.807, 2.05) is 11.7 Å². The van der Waals surface area contributed by atoms with Gasteiger partial charge in [-0.15, -0.1) is 0 Å². The van der Waals surface area contributed by atoms with Crippen molar-refractivity contribution in [1.82, 2.24) is 19.2 Å². The first-order chi connectivity index (χ1) is 9.06. The van der Waals surface area contributed by atoms with Crippen LogP contribution >= 0.6 is 12.2 Å². The molecular formula is C13H22N4OS. The Morgan fingerprint density at radius 1 is 1.37 bits per heavy atom. The molecule has 2 fully saturated rings. The SMILES string of the molecule is CC1CN(Cn2nc(C3CC3)n(C)c2=S)C(C)CO1. The minimum Gasteiger partial charge on any atom is -0.376 e. The second kappa shape index (κ2) is 5.00. The van der Waals surface area contributed by atoms with Crippen LogP contribution in [0, 0.1) is 4.77 Å². The van der Waals surface area contributed by atoms with Crippen LogP contribution in [0.3, 0.4) is 0 Å². The van der Waals surface area contributed by atoms with Gasteiger partial charge in [0.15, 0.2) is 4.77 Å². The normalized spacial score (nSPS) is 28.8. The fraction of sp³-hybridized carbons (Fsp3) is 0.846. The Morgan fingerprint density at radius 3 is 2.79 bits per heavy atom. The molecule has 1 saturated carbocycles. The van der Waals surface area contributed by atoms with Crippen molar-refractivity contribution in [3.05, 3.63) is 10.6 Å². The van der Waals surface area contributed by atoms with Gasteiger partial charge >= 0.3 is 0 Å². The highest BCUT2D eigenvalue weighted by Gasteiger charge is 2.30. The van der Waals surface area contributed by atoms with Gasteiger partial charge in [0.2, 0.25) is 0 Å². The van der Waals surface area contributed by atoms with Crippen molar-refractivity contribution in [1.29, 1.82) is 0 Å². The van der Waals surface area contributed by atoms with E-state index in [1.54, 1.807) is 0 Å². The highest BCUT2D eigenvalue weighted by Crippen LogP contribution is 2.38. The van der Waals surface area contributed by atoms with E-state index in [1.165, 1.54) is 12.8 Å². The summed E-state index contributed by atoms with van der Waals surface area (Å²) in [7, 11) is 2.03. The lowest BCUT2D eigenvalue weighted by molar-refractivity contribution is -0.0625. The number of hydrogen-bond donors (Lipinski definition) is 0. The molecule has 106 valence electrons. The molecule has 0 aromatic carbocycles. The lowest BCUT2D eigenvalue weighted by atomic mass is 10.2. The van der Waals surface area contributed by atoms with Crippen LogP contribution in [0.1, 0.15) is 38.4 Å². The van der Waals surface area contributed by atoms with E-state index in [-0.39, 0.29) is 6.10 Å². The number of morpholine rings is 1. The first kappa shape index (κ1) is 13.3. The van der Waals surface area contributed by atoms with Crippen molar-refractivity contribution in [2.45, 2.75) is 51.4 Å². The Hall–Kier alpha value is -0.720. The minimum absolute atomic E-state index is 0.289. The van der Waals surface area contributed by atoms with Crippen LogP contribution in [0.25, 0.3) is 0 Å². The highest BCUT2D eigenvalue weighted by atomic mass is 32.1. The quantitative estimate of drug-likeness (QED) is 0.793. The molecule has 2 atom stereocenters. The molecule has 0 amide bonds. The van der Waals surface area contributed by atoms with Gasteiger partial charge in [-0.05, 0) is 38.9 Å². The van der Waals surface area contributed by atoms with Gasteiger partial charge in [-0.3, -0.25) is 4.90 Å². The average molecular weight is 282 g/mol. The number of rotatable bonds is 3. The number of nitrogens with zero attached hydrogens (tertiary/aromatic N) is 4. The predicted octanol–water partition coefficient (Wildman–Crippen LogP) is 1.90. The minimum atomic E-state index is 0.289. The molecular weight excluding hydrogens is 260 g/mol. The summed E-state index contributed by atoms with van der Waals surface area (Å²) in [6.45, 7) is 6.82. The molecule has 1 aromatic rings. The van der Waals surface area contributed by atoms with Crippen LogP contribution in [0.2, 0.25) is 0 Å². The van der Waals surface area contributed by atoms with E-state index in [4.69, 9.17) is 22.1 Å². The summed E-state index contributed by atoms with van der Waals surface area (Å²) in [5, 5.41) is 4.72. The van der Waals surface area contributed by atoms with Gasteiger partial charge in [-0.2, -0.15) is 5.10 Å². The Bertz CT molecular complexity index is 519. The summed E-state index contributed by atoms with van der Waals surface area (Å²) in [4.78, 5) is 2.40. The van der Waals surface area contributed by atoms with Crippen LogP contribution in [-0.2, 0) is 18.5 Å². The predicted molar refractivity (Wildman–Crippen MR) is 75.6 cm³/mol. The van der Waals surface area contributed by atoms with Gasteiger partial charge in [-0.25, -0.2) is 4.68 Å². The van der Waals surface area contributed by atoms with Crippen LogP contribution in [0.5, 0.6) is 0 Å². The van der Waals surface area contributed by atoms with Gasteiger partial charge < -0.3 is 9.30 Å². The van der Waals surface area contributed by atoms with Crippen molar-refractivity contribution in [3.8, 4) is 0 Å². The van der Waals surface area contributed by atoms with E-state index in [2.05, 4.69) is 23.3 Å². The van der Waals surface area contributed by atoms with Crippen molar-refractivity contribution in [3.63, 3.8) is 0 Å². The first-order valence-corrected chi connectivity index (χ1v) is 7.46. The van der Waals surface area contributed by atoms with Crippen molar-refractivity contribution >= 4 is 12.2 Å². The smallest absolute Gasteiger partial charge is 0.198 e. The lowest BCUT2D eigenvalue weighted by Crippen LogP contribution is -2.47. The van der Waals surface area contributed by atoms with E-state index in [0.29, 0.717) is 12.0 Å². The summed E-state index contributed by atoms with van der Waals surface area (Å²) < 4.78 is 10.5. The maximum absolute atomic E-state index is 5.66. The van der Waals surface area contributed by atoms with Crippen molar-refractivity contribution in [2.75, 3.05) is 13.2 Å². The van der Waals surface area contributed by atoms with Crippen LogP contribution < -0.4 is 0 Å². The Kier molecular flexibility index (Phi) is 3.49. The zero-order valence-electron chi connectivity index (χ0n) is 11.9.